The Kier molecular flexibility index (Phi) is 3.63. The molecule has 1 aromatic rings. The second kappa shape index (κ2) is 4.64. The van der Waals surface area contributed by atoms with Crippen LogP contribution in [-0.4, -0.2) is 9.14 Å². The molecule has 1 unspecified atom stereocenters. The molecule has 1 aliphatic carbocycles. The summed E-state index contributed by atoms with van der Waals surface area (Å²) in [6.45, 7) is 6.05. The summed E-state index contributed by atoms with van der Waals surface area (Å²) in [5, 5.41) is 3.09. The van der Waals surface area contributed by atoms with Crippen molar-refractivity contribution < 1.29 is 4.79 Å². The lowest BCUT2D eigenvalue weighted by Gasteiger charge is -2.19. The van der Waals surface area contributed by atoms with Crippen LogP contribution < -0.4 is 5.32 Å². The minimum Gasteiger partial charge on any atom is -0.349 e. The SMILES string of the molecule is CC1C(Br)(Br)[C@]1(C)C(=O)N[C@H](C)c1ccccc1. The monoisotopic (exact) mass is 373 g/mol. The molecule has 1 aromatic carbocycles. The Morgan fingerprint density at radius 1 is 1.33 bits per heavy atom. The smallest absolute Gasteiger partial charge is 0.229 e. The molecular formula is C14H17Br2NO. The van der Waals surface area contributed by atoms with Crippen LogP contribution >= 0.6 is 31.9 Å². The van der Waals surface area contributed by atoms with Crippen LogP contribution in [0, 0.1) is 11.3 Å². The number of carbonyl (C=O) groups is 1. The first-order chi connectivity index (χ1) is 8.31. The summed E-state index contributed by atoms with van der Waals surface area (Å²) in [6, 6.07) is 10.0. The van der Waals surface area contributed by atoms with Crippen LogP contribution in [0.2, 0.25) is 0 Å². The second-order valence-electron chi connectivity index (χ2n) is 5.15. The molecule has 1 fully saturated rings. The normalized spacial score (nSPS) is 30.6. The number of benzene rings is 1. The summed E-state index contributed by atoms with van der Waals surface area (Å²) in [6.07, 6.45) is 0. The molecule has 1 amide bonds. The average Bonchev–Trinajstić information content (AvgIpc) is 2.75. The van der Waals surface area contributed by atoms with Crippen molar-refractivity contribution in [1.29, 1.82) is 0 Å². The maximum absolute atomic E-state index is 12.4. The third kappa shape index (κ3) is 2.03. The molecule has 0 aromatic heterocycles. The standard InChI is InChI=1S/C14H17Br2NO/c1-9(11-7-5-4-6-8-11)17-12(18)13(3)10(2)14(13,15)16/h4-10H,1-3H3,(H,17,18)/t9-,10?,13+/m1/s1. The van der Waals surface area contributed by atoms with Crippen molar-refractivity contribution in [1.82, 2.24) is 5.32 Å². The number of alkyl halides is 2. The van der Waals surface area contributed by atoms with E-state index >= 15 is 0 Å². The number of nitrogens with one attached hydrogen (secondary N) is 1. The van der Waals surface area contributed by atoms with E-state index in [1.807, 2.05) is 44.2 Å². The van der Waals surface area contributed by atoms with Crippen LogP contribution in [-0.2, 0) is 4.79 Å². The lowest BCUT2D eigenvalue weighted by molar-refractivity contribution is -0.126. The van der Waals surface area contributed by atoms with Gasteiger partial charge in [-0.3, -0.25) is 4.79 Å². The van der Waals surface area contributed by atoms with E-state index < -0.39 is 5.41 Å². The number of carbonyl (C=O) groups excluding carboxylic acids is 1. The van der Waals surface area contributed by atoms with Gasteiger partial charge in [-0.1, -0.05) is 69.1 Å². The van der Waals surface area contributed by atoms with E-state index in [-0.39, 0.29) is 21.1 Å². The Morgan fingerprint density at radius 2 is 1.83 bits per heavy atom. The van der Waals surface area contributed by atoms with Crippen LogP contribution in [0.4, 0.5) is 0 Å². The van der Waals surface area contributed by atoms with Gasteiger partial charge in [-0.05, 0) is 25.3 Å². The predicted molar refractivity (Wildman–Crippen MR) is 80.9 cm³/mol. The molecule has 4 heteroatoms. The lowest BCUT2D eigenvalue weighted by atomic mass is 10.0. The first-order valence-electron chi connectivity index (χ1n) is 6.05. The maximum Gasteiger partial charge on any atom is 0.229 e. The fourth-order valence-electron chi connectivity index (χ4n) is 2.26. The van der Waals surface area contributed by atoms with Crippen LogP contribution in [0.15, 0.2) is 30.3 Å². The Labute approximate surface area is 125 Å². The topological polar surface area (TPSA) is 29.1 Å². The highest BCUT2D eigenvalue weighted by molar-refractivity contribution is 9.25. The molecule has 2 rings (SSSR count). The minimum atomic E-state index is -0.393. The van der Waals surface area contributed by atoms with Gasteiger partial charge in [0.15, 0.2) is 0 Å². The van der Waals surface area contributed by atoms with Gasteiger partial charge < -0.3 is 5.32 Å². The summed E-state index contributed by atoms with van der Waals surface area (Å²) >= 11 is 7.15. The lowest BCUT2D eigenvalue weighted by Crippen LogP contribution is -2.35. The number of hydrogen-bond donors (Lipinski definition) is 1. The van der Waals surface area contributed by atoms with Crippen LogP contribution in [0.25, 0.3) is 0 Å². The van der Waals surface area contributed by atoms with E-state index in [0.717, 1.165) is 5.56 Å². The quantitative estimate of drug-likeness (QED) is 0.795. The van der Waals surface area contributed by atoms with Gasteiger partial charge >= 0.3 is 0 Å². The Bertz CT molecular complexity index is 460. The summed E-state index contributed by atoms with van der Waals surface area (Å²) < 4.78 is -0.270. The molecule has 98 valence electrons. The molecule has 0 heterocycles. The average molecular weight is 375 g/mol. The van der Waals surface area contributed by atoms with Gasteiger partial charge in [0, 0.05) is 0 Å². The van der Waals surface area contributed by atoms with E-state index in [9.17, 15) is 4.79 Å². The van der Waals surface area contributed by atoms with Gasteiger partial charge in [0.1, 0.15) is 0 Å². The van der Waals surface area contributed by atoms with Gasteiger partial charge in [-0.25, -0.2) is 0 Å². The zero-order valence-corrected chi connectivity index (χ0v) is 13.9. The molecule has 0 bridgehead atoms. The van der Waals surface area contributed by atoms with E-state index in [0.29, 0.717) is 0 Å². The number of amides is 1. The Morgan fingerprint density at radius 3 is 2.28 bits per heavy atom. The molecule has 0 spiro atoms. The molecule has 0 aliphatic heterocycles. The van der Waals surface area contributed by atoms with Gasteiger partial charge in [-0.2, -0.15) is 0 Å². The molecule has 0 saturated heterocycles. The Balaban J connectivity index is 2.06. The predicted octanol–water partition coefficient (Wildman–Crippen LogP) is 4.01. The molecule has 18 heavy (non-hydrogen) atoms. The number of rotatable bonds is 3. The van der Waals surface area contributed by atoms with Gasteiger partial charge in [0.05, 0.1) is 14.7 Å². The zero-order valence-electron chi connectivity index (χ0n) is 10.7. The summed E-state index contributed by atoms with van der Waals surface area (Å²) in [7, 11) is 0. The van der Waals surface area contributed by atoms with E-state index in [2.05, 4.69) is 44.1 Å². The third-order valence-electron chi connectivity index (χ3n) is 4.14. The number of hydrogen-bond acceptors (Lipinski definition) is 1. The molecule has 3 atom stereocenters. The van der Waals surface area contributed by atoms with Crippen molar-refractivity contribution in [3.8, 4) is 0 Å². The highest BCUT2D eigenvalue weighted by atomic mass is 79.9. The molecule has 2 nitrogen and oxygen atoms in total. The highest BCUT2D eigenvalue weighted by Crippen LogP contribution is 2.71. The highest BCUT2D eigenvalue weighted by Gasteiger charge is 2.73. The largest absolute Gasteiger partial charge is 0.349 e. The van der Waals surface area contributed by atoms with Crippen LogP contribution in [0.3, 0.4) is 0 Å². The second-order valence-corrected chi connectivity index (χ2v) is 8.72. The first-order valence-corrected chi connectivity index (χ1v) is 7.64. The summed E-state index contributed by atoms with van der Waals surface area (Å²) in [5.41, 5.74) is 0.730. The summed E-state index contributed by atoms with van der Waals surface area (Å²) in [5.74, 6) is 0.355. The Hall–Kier alpha value is -0.350. The van der Waals surface area contributed by atoms with E-state index in [4.69, 9.17) is 0 Å². The van der Waals surface area contributed by atoms with Crippen molar-refractivity contribution >= 4 is 37.8 Å². The molecule has 1 aliphatic rings. The van der Waals surface area contributed by atoms with E-state index in [1.165, 1.54) is 0 Å². The molecule has 1 N–H and O–H groups in total. The van der Waals surface area contributed by atoms with E-state index in [1.54, 1.807) is 0 Å². The zero-order chi connectivity index (χ0) is 13.6. The first kappa shape index (κ1) is 14.1. The molecule has 1 saturated carbocycles. The number of halogens is 2. The van der Waals surface area contributed by atoms with Crippen molar-refractivity contribution in [2.45, 2.75) is 30.0 Å². The molecular weight excluding hydrogens is 358 g/mol. The maximum atomic E-state index is 12.4. The van der Waals surface area contributed by atoms with Crippen LogP contribution in [0.5, 0.6) is 0 Å². The van der Waals surface area contributed by atoms with Gasteiger partial charge in [0.25, 0.3) is 0 Å². The molecule has 0 radical (unpaired) electrons. The van der Waals surface area contributed by atoms with Crippen LogP contribution in [0.1, 0.15) is 32.4 Å². The fourth-order valence-corrected chi connectivity index (χ4v) is 3.99. The van der Waals surface area contributed by atoms with Gasteiger partial charge in [0.2, 0.25) is 5.91 Å². The van der Waals surface area contributed by atoms with Gasteiger partial charge in [-0.15, -0.1) is 0 Å². The third-order valence-corrected chi connectivity index (χ3v) is 7.16. The van der Waals surface area contributed by atoms with Crippen molar-refractivity contribution in [2.24, 2.45) is 11.3 Å². The summed E-state index contributed by atoms with van der Waals surface area (Å²) in [4.78, 5) is 12.4. The van der Waals surface area contributed by atoms with Crippen molar-refractivity contribution in [2.75, 3.05) is 0 Å². The van der Waals surface area contributed by atoms with Crippen molar-refractivity contribution in [3.63, 3.8) is 0 Å². The minimum absolute atomic E-state index is 0.0270. The fraction of sp³-hybridized carbons (Fsp3) is 0.500. The van der Waals surface area contributed by atoms with Crippen molar-refractivity contribution in [3.05, 3.63) is 35.9 Å².